The zero-order valence-electron chi connectivity index (χ0n) is 18.4. The number of nitrogens with one attached hydrogen (secondary N) is 1. The Balaban J connectivity index is 1.70. The molecule has 5 rings (SSSR count). The molecule has 34 heavy (non-hydrogen) atoms. The lowest BCUT2D eigenvalue weighted by molar-refractivity contribution is -0.384. The Kier molecular flexibility index (Phi) is 5.21. The van der Waals surface area contributed by atoms with Gasteiger partial charge in [-0.05, 0) is 49.7 Å². The molecule has 1 spiro atoms. The summed E-state index contributed by atoms with van der Waals surface area (Å²) in [6.07, 6.45) is -0.824. The van der Waals surface area contributed by atoms with E-state index in [-0.39, 0.29) is 18.2 Å². The fourth-order valence-corrected chi connectivity index (χ4v) is 5.71. The van der Waals surface area contributed by atoms with E-state index in [1.54, 1.807) is 37.3 Å². The van der Waals surface area contributed by atoms with Gasteiger partial charge in [0.2, 0.25) is 5.91 Å². The molecule has 0 bridgehead atoms. The molecule has 4 amide bonds. The third-order valence-electron chi connectivity index (χ3n) is 6.74. The van der Waals surface area contributed by atoms with Crippen LogP contribution in [0.2, 0.25) is 0 Å². The third-order valence-corrected chi connectivity index (χ3v) is 7.27. The zero-order valence-corrected chi connectivity index (χ0v) is 19.9. The van der Waals surface area contributed by atoms with Gasteiger partial charge in [-0.15, -0.1) is 0 Å². The van der Waals surface area contributed by atoms with Gasteiger partial charge in [0.1, 0.15) is 0 Å². The number of imide groups is 2. The number of benzene rings is 2. The maximum absolute atomic E-state index is 14.1. The molecule has 3 aliphatic rings. The molecule has 11 heteroatoms. The number of urea groups is 1. The summed E-state index contributed by atoms with van der Waals surface area (Å²) in [5.41, 5.74) is -0.322. The number of halogens is 1. The van der Waals surface area contributed by atoms with Crippen molar-refractivity contribution in [2.24, 2.45) is 5.41 Å². The molecular weight excluding hydrogens is 508 g/mol. The molecule has 2 fully saturated rings. The number of hydrogen-bond acceptors (Lipinski definition) is 7. The molecule has 0 saturated carbocycles. The predicted molar refractivity (Wildman–Crippen MR) is 126 cm³/mol. The number of anilines is 2. The number of ether oxygens (including phenoxy) is 1. The number of non-ortho nitro benzene ring substituents is 1. The van der Waals surface area contributed by atoms with Crippen LogP contribution < -0.4 is 15.1 Å². The van der Waals surface area contributed by atoms with E-state index in [1.807, 2.05) is 11.8 Å². The first-order chi connectivity index (χ1) is 16.1. The highest BCUT2D eigenvalue weighted by molar-refractivity contribution is 9.10. The van der Waals surface area contributed by atoms with Gasteiger partial charge < -0.3 is 9.64 Å². The van der Waals surface area contributed by atoms with Crippen molar-refractivity contribution in [3.8, 4) is 0 Å². The molecule has 3 aliphatic heterocycles. The summed E-state index contributed by atoms with van der Waals surface area (Å²) in [6.45, 7) is 4.07. The largest absolute Gasteiger partial charge is 0.372 e. The van der Waals surface area contributed by atoms with Gasteiger partial charge in [-0.3, -0.25) is 25.0 Å². The van der Waals surface area contributed by atoms with E-state index in [1.165, 1.54) is 12.1 Å². The van der Waals surface area contributed by atoms with Crippen LogP contribution in [0.25, 0.3) is 0 Å². The molecule has 2 aromatic carbocycles. The summed E-state index contributed by atoms with van der Waals surface area (Å²) in [6, 6.07) is 9.52. The van der Waals surface area contributed by atoms with Gasteiger partial charge >= 0.3 is 6.03 Å². The second-order valence-corrected chi connectivity index (χ2v) is 9.76. The molecule has 1 N–H and O–H groups in total. The van der Waals surface area contributed by atoms with E-state index in [0.29, 0.717) is 17.8 Å². The average molecular weight is 529 g/mol. The van der Waals surface area contributed by atoms with Gasteiger partial charge in [-0.1, -0.05) is 15.9 Å². The van der Waals surface area contributed by atoms with Crippen molar-refractivity contribution in [2.45, 2.75) is 38.5 Å². The summed E-state index contributed by atoms with van der Waals surface area (Å²) >= 11 is 3.34. The fourth-order valence-electron chi connectivity index (χ4n) is 5.45. The van der Waals surface area contributed by atoms with E-state index in [0.717, 1.165) is 15.1 Å². The number of rotatable bonds is 2. The van der Waals surface area contributed by atoms with E-state index < -0.39 is 40.3 Å². The second-order valence-electron chi connectivity index (χ2n) is 8.84. The maximum atomic E-state index is 14.1. The van der Waals surface area contributed by atoms with Crippen molar-refractivity contribution in [1.82, 2.24) is 5.32 Å². The summed E-state index contributed by atoms with van der Waals surface area (Å²) in [5.74, 6) is -1.41. The molecule has 0 radical (unpaired) electrons. The Hall–Kier alpha value is -3.31. The highest BCUT2D eigenvalue weighted by atomic mass is 79.9. The lowest BCUT2D eigenvalue weighted by Crippen LogP contribution is -2.76. The lowest BCUT2D eigenvalue weighted by Gasteiger charge is -2.56. The maximum Gasteiger partial charge on any atom is 0.335 e. The van der Waals surface area contributed by atoms with Crippen LogP contribution in [-0.2, 0) is 20.7 Å². The monoisotopic (exact) mass is 528 g/mol. The molecule has 10 nitrogen and oxygen atoms in total. The minimum absolute atomic E-state index is 0.0990. The number of nitro benzene ring substituents is 1. The number of morpholine rings is 1. The first-order valence-corrected chi connectivity index (χ1v) is 11.6. The van der Waals surface area contributed by atoms with Crippen LogP contribution in [0.5, 0.6) is 0 Å². The molecule has 176 valence electrons. The van der Waals surface area contributed by atoms with Gasteiger partial charge in [0.25, 0.3) is 11.6 Å². The van der Waals surface area contributed by atoms with Gasteiger partial charge in [0.05, 0.1) is 28.9 Å². The lowest BCUT2D eigenvalue weighted by atomic mass is 9.66. The Labute approximate surface area is 203 Å². The van der Waals surface area contributed by atoms with E-state index >= 15 is 0 Å². The van der Waals surface area contributed by atoms with Crippen LogP contribution >= 0.6 is 15.9 Å². The summed E-state index contributed by atoms with van der Waals surface area (Å²) in [5, 5.41) is 13.8. The summed E-state index contributed by atoms with van der Waals surface area (Å²) in [7, 11) is 0. The van der Waals surface area contributed by atoms with Gasteiger partial charge in [0.15, 0.2) is 5.41 Å². The highest BCUT2D eigenvalue weighted by Crippen LogP contribution is 2.49. The van der Waals surface area contributed by atoms with Crippen LogP contribution in [-0.4, -0.2) is 47.6 Å². The van der Waals surface area contributed by atoms with Crippen LogP contribution in [0.15, 0.2) is 46.9 Å². The van der Waals surface area contributed by atoms with Gasteiger partial charge in [-0.2, -0.15) is 0 Å². The van der Waals surface area contributed by atoms with Crippen LogP contribution in [0.1, 0.15) is 19.4 Å². The number of barbiturate groups is 1. The van der Waals surface area contributed by atoms with Crippen LogP contribution in [0.4, 0.5) is 21.9 Å². The number of nitrogens with zero attached hydrogens (tertiary/aromatic N) is 3. The minimum atomic E-state index is -1.72. The van der Waals surface area contributed by atoms with Crippen molar-refractivity contribution in [2.75, 3.05) is 16.3 Å². The van der Waals surface area contributed by atoms with E-state index in [9.17, 15) is 24.5 Å². The summed E-state index contributed by atoms with van der Waals surface area (Å²) < 4.78 is 6.81. The summed E-state index contributed by atoms with van der Waals surface area (Å²) in [4.78, 5) is 54.3. The first-order valence-electron chi connectivity index (χ1n) is 10.8. The SMILES string of the molecule is C[C@H]1CN2c3ccc([N+](=O)[O-])cc3C[C@]3(C(=O)NC(=O)N(c4ccc(Br)cc4)C3=O)[C@@H]2[C@@H](C)O1. The Morgan fingerprint density at radius 2 is 1.85 bits per heavy atom. The molecule has 4 atom stereocenters. The molecule has 0 aliphatic carbocycles. The first kappa shape index (κ1) is 22.5. The minimum Gasteiger partial charge on any atom is -0.372 e. The molecule has 3 heterocycles. The highest BCUT2D eigenvalue weighted by Gasteiger charge is 2.65. The van der Waals surface area contributed by atoms with E-state index in [4.69, 9.17) is 4.74 Å². The smallest absolute Gasteiger partial charge is 0.335 e. The van der Waals surface area contributed by atoms with Crippen LogP contribution in [0, 0.1) is 15.5 Å². The van der Waals surface area contributed by atoms with Crippen molar-refractivity contribution in [3.63, 3.8) is 0 Å². The van der Waals surface area contributed by atoms with Crippen molar-refractivity contribution in [1.29, 1.82) is 0 Å². The van der Waals surface area contributed by atoms with Crippen LogP contribution in [0.3, 0.4) is 0 Å². The average Bonchev–Trinajstić information content (AvgIpc) is 2.78. The van der Waals surface area contributed by atoms with Gasteiger partial charge in [0, 0.05) is 35.3 Å². The number of fused-ring (bicyclic) bond motifs is 4. The Bertz CT molecular complexity index is 1230. The third kappa shape index (κ3) is 3.22. The number of nitro groups is 1. The normalized spacial score (nSPS) is 28.4. The Morgan fingerprint density at radius 1 is 1.15 bits per heavy atom. The number of carbonyl (C=O) groups excluding carboxylic acids is 3. The standard InChI is InChI=1S/C23H21BrN4O6/c1-12-11-26-18-8-7-17(28(32)33)9-14(18)10-23(19(26)13(2)34-12)20(29)25-22(31)27(21(23)30)16-5-3-15(24)4-6-16/h3-9,12-13,19H,10-11H2,1-2H3,(H,25,29,31)/t12-,13+,19-,23+/m0/s1. The molecule has 2 aromatic rings. The topological polar surface area (TPSA) is 122 Å². The number of hydrogen-bond donors (Lipinski definition) is 1. The van der Waals surface area contributed by atoms with E-state index in [2.05, 4.69) is 21.2 Å². The van der Waals surface area contributed by atoms with Crippen molar-refractivity contribution < 1.29 is 24.0 Å². The second kappa shape index (κ2) is 7.88. The number of amides is 4. The zero-order chi connectivity index (χ0) is 24.4. The molecule has 0 unspecified atom stereocenters. The fraction of sp³-hybridized carbons (Fsp3) is 0.348. The van der Waals surface area contributed by atoms with Gasteiger partial charge in [-0.25, -0.2) is 9.69 Å². The molecule has 0 aromatic heterocycles. The van der Waals surface area contributed by atoms with Crippen molar-refractivity contribution >= 4 is 50.8 Å². The number of carbonyl (C=O) groups is 3. The van der Waals surface area contributed by atoms with Crippen molar-refractivity contribution in [3.05, 3.63) is 62.6 Å². The predicted octanol–water partition coefficient (Wildman–Crippen LogP) is 3.17. The molecule has 2 saturated heterocycles. The molecular formula is C23H21BrN4O6. The quantitative estimate of drug-likeness (QED) is 0.360. The Morgan fingerprint density at radius 3 is 2.53 bits per heavy atom.